The predicted molar refractivity (Wildman–Crippen MR) is 237 cm³/mol. The van der Waals surface area contributed by atoms with Crippen molar-refractivity contribution in [3.8, 4) is 67.2 Å². The number of aromatic nitrogens is 2. The molecule has 0 saturated carbocycles. The van der Waals surface area contributed by atoms with Crippen molar-refractivity contribution in [1.82, 2.24) is 9.97 Å². The quantitative estimate of drug-likeness (QED) is 0.156. The first-order valence-corrected chi connectivity index (χ1v) is 19.4. The SMILES string of the molecule is Cc1cc(C)cc(-c2c[c-]c(-c3cc(-c4ccccc4)ccn3)cc2-c2ccc3oc(-c4ccc(C(C)(C)C)cc4)cc3c2)c1.[Ir].[c-]1ccccc1-c1ccccn1. The summed E-state index contributed by atoms with van der Waals surface area (Å²) in [5, 5.41) is 1.08. The molecule has 0 amide bonds. The number of benzene rings is 6. The summed E-state index contributed by atoms with van der Waals surface area (Å²) < 4.78 is 6.35. The van der Waals surface area contributed by atoms with Crippen LogP contribution in [-0.4, -0.2) is 9.97 Å². The van der Waals surface area contributed by atoms with Crippen molar-refractivity contribution in [1.29, 1.82) is 0 Å². The molecular formula is C54H44IrN2O-2. The average Bonchev–Trinajstić information content (AvgIpc) is 3.68. The maximum absolute atomic E-state index is 6.35. The normalized spacial score (nSPS) is 11.1. The molecule has 3 nitrogen and oxygen atoms in total. The van der Waals surface area contributed by atoms with Gasteiger partial charge in [-0.15, -0.1) is 59.7 Å². The first kappa shape index (κ1) is 40.0. The minimum Gasteiger partial charge on any atom is -0.456 e. The van der Waals surface area contributed by atoms with Gasteiger partial charge in [0.2, 0.25) is 0 Å². The van der Waals surface area contributed by atoms with Crippen LogP contribution in [0.15, 0.2) is 181 Å². The average molecular weight is 929 g/mol. The minimum absolute atomic E-state index is 0. The molecule has 0 spiro atoms. The van der Waals surface area contributed by atoms with Gasteiger partial charge in [0.25, 0.3) is 0 Å². The van der Waals surface area contributed by atoms with Crippen molar-refractivity contribution in [3.05, 3.63) is 205 Å². The fourth-order valence-electron chi connectivity index (χ4n) is 7.20. The molecule has 1 radical (unpaired) electrons. The molecule has 0 aliphatic carbocycles. The van der Waals surface area contributed by atoms with Crippen molar-refractivity contribution < 1.29 is 24.5 Å². The Hall–Kier alpha value is -6.19. The number of hydrogen-bond donors (Lipinski definition) is 0. The summed E-state index contributed by atoms with van der Waals surface area (Å²) in [7, 11) is 0. The Morgan fingerprint density at radius 1 is 0.500 bits per heavy atom. The molecule has 9 rings (SSSR count). The number of fused-ring (bicyclic) bond motifs is 1. The maximum Gasteiger partial charge on any atom is 0.135 e. The molecule has 0 unspecified atom stereocenters. The van der Waals surface area contributed by atoms with Crippen LogP contribution in [0.4, 0.5) is 0 Å². The Bertz CT molecular complexity index is 2710. The van der Waals surface area contributed by atoms with E-state index >= 15 is 0 Å². The Labute approximate surface area is 355 Å². The van der Waals surface area contributed by atoms with Gasteiger partial charge in [0, 0.05) is 43.4 Å². The Morgan fingerprint density at radius 2 is 1.22 bits per heavy atom. The Morgan fingerprint density at radius 3 is 1.93 bits per heavy atom. The third-order valence-corrected chi connectivity index (χ3v) is 10.1. The van der Waals surface area contributed by atoms with Gasteiger partial charge >= 0.3 is 0 Å². The monoisotopic (exact) mass is 929 g/mol. The molecule has 6 aromatic carbocycles. The molecule has 0 N–H and O–H groups in total. The van der Waals surface area contributed by atoms with Gasteiger partial charge in [-0.1, -0.05) is 146 Å². The van der Waals surface area contributed by atoms with Crippen molar-refractivity contribution >= 4 is 11.0 Å². The molecule has 58 heavy (non-hydrogen) atoms. The number of hydrogen-bond acceptors (Lipinski definition) is 3. The van der Waals surface area contributed by atoms with E-state index in [0.29, 0.717) is 0 Å². The fraction of sp³-hybridized carbons (Fsp3) is 0.111. The van der Waals surface area contributed by atoms with Crippen LogP contribution in [0.2, 0.25) is 0 Å². The van der Waals surface area contributed by atoms with Gasteiger partial charge < -0.3 is 14.4 Å². The second kappa shape index (κ2) is 17.5. The molecule has 0 atom stereocenters. The Balaban J connectivity index is 0.000000336. The fourth-order valence-corrected chi connectivity index (χ4v) is 7.20. The molecule has 3 aromatic heterocycles. The van der Waals surface area contributed by atoms with E-state index in [1.165, 1.54) is 27.8 Å². The van der Waals surface area contributed by atoms with E-state index in [1.807, 2.05) is 54.7 Å². The zero-order chi connectivity index (χ0) is 39.4. The molecular weight excluding hydrogens is 885 g/mol. The Kier molecular flexibility index (Phi) is 12.1. The number of furan rings is 1. The van der Waals surface area contributed by atoms with Crippen molar-refractivity contribution in [2.24, 2.45) is 0 Å². The molecule has 0 saturated heterocycles. The van der Waals surface area contributed by atoms with Crippen LogP contribution < -0.4 is 0 Å². The van der Waals surface area contributed by atoms with E-state index < -0.39 is 0 Å². The van der Waals surface area contributed by atoms with Crippen molar-refractivity contribution in [2.75, 3.05) is 0 Å². The van der Waals surface area contributed by atoms with Crippen LogP contribution in [0.3, 0.4) is 0 Å². The van der Waals surface area contributed by atoms with Gasteiger partial charge in [0.1, 0.15) is 11.3 Å². The van der Waals surface area contributed by atoms with Crippen molar-refractivity contribution in [3.63, 3.8) is 0 Å². The smallest absolute Gasteiger partial charge is 0.135 e. The van der Waals surface area contributed by atoms with E-state index in [-0.39, 0.29) is 25.5 Å². The van der Waals surface area contributed by atoms with Gasteiger partial charge in [0.05, 0.1) is 0 Å². The predicted octanol–water partition coefficient (Wildman–Crippen LogP) is 14.4. The second-order valence-corrected chi connectivity index (χ2v) is 15.5. The summed E-state index contributed by atoms with van der Waals surface area (Å²) >= 11 is 0. The van der Waals surface area contributed by atoms with Gasteiger partial charge in [0.15, 0.2) is 0 Å². The molecule has 4 heteroatoms. The third kappa shape index (κ3) is 9.16. The van der Waals surface area contributed by atoms with Crippen LogP contribution in [0.5, 0.6) is 0 Å². The number of rotatable bonds is 6. The maximum atomic E-state index is 6.35. The minimum atomic E-state index is 0. The third-order valence-electron chi connectivity index (χ3n) is 10.1. The van der Waals surface area contributed by atoms with Crippen LogP contribution in [0.25, 0.3) is 78.2 Å². The van der Waals surface area contributed by atoms with Crippen LogP contribution in [0, 0.1) is 26.0 Å². The van der Waals surface area contributed by atoms with E-state index in [1.54, 1.807) is 6.20 Å². The van der Waals surface area contributed by atoms with Crippen LogP contribution in [0.1, 0.15) is 37.5 Å². The standard InChI is InChI=1S/C43H36NO.C11H8N.Ir/c1-28-21-29(2)23-35(22-28)38-17-13-34(40-26-32(19-20-44-40)30-9-7-6-8-10-30)25-39(38)33-14-18-41-36(24-33)27-42(45-41)31-11-15-37(16-12-31)43(3,4)5;1-2-6-10(7-3-1)11-8-4-5-9-12-11;/h6-12,14-27H,1-5H3;1-6,8-9H;/q2*-1;. The number of pyridine rings is 2. The first-order chi connectivity index (χ1) is 27.7. The van der Waals surface area contributed by atoms with Gasteiger partial charge in [-0.25, -0.2) is 0 Å². The van der Waals surface area contributed by atoms with Gasteiger partial charge in [-0.3, -0.25) is 0 Å². The molecule has 9 aromatic rings. The summed E-state index contributed by atoms with van der Waals surface area (Å²) in [6.07, 6.45) is 3.67. The van der Waals surface area contributed by atoms with Crippen LogP contribution in [-0.2, 0) is 25.5 Å². The zero-order valence-corrected chi connectivity index (χ0v) is 35.8. The number of nitrogens with zero attached hydrogens (tertiary/aromatic N) is 2. The second-order valence-electron chi connectivity index (χ2n) is 15.5. The zero-order valence-electron chi connectivity index (χ0n) is 33.4. The topological polar surface area (TPSA) is 38.9 Å². The summed E-state index contributed by atoms with van der Waals surface area (Å²) in [6, 6.07) is 63.5. The summed E-state index contributed by atoms with van der Waals surface area (Å²) in [6.45, 7) is 11.0. The largest absolute Gasteiger partial charge is 0.456 e. The van der Waals surface area contributed by atoms with Gasteiger partial charge in [-0.2, -0.15) is 0 Å². The van der Waals surface area contributed by atoms with Crippen molar-refractivity contribution in [2.45, 2.75) is 40.0 Å². The summed E-state index contributed by atoms with van der Waals surface area (Å²) in [5.74, 6) is 0.876. The molecule has 0 aliphatic heterocycles. The summed E-state index contributed by atoms with van der Waals surface area (Å²) in [4.78, 5) is 8.98. The summed E-state index contributed by atoms with van der Waals surface area (Å²) in [5.41, 5.74) is 16.6. The molecule has 0 bridgehead atoms. The molecule has 0 fully saturated rings. The molecule has 0 aliphatic rings. The number of aryl methyl sites for hydroxylation is 2. The molecule has 287 valence electrons. The van der Waals surface area contributed by atoms with E-state index in [9.17, 15) is 0 Å². The van der Waals surface area contributed by atoms with E-state index in [0.717, 1.165) is 67.1 Å². The van der Waals surface area contributed by atoms with Crippen LogP contribution >= 0.6 is 0 Å². The van der Waals surface area contributed by atoms with E-state index in [2.05, 4.69) is 167 Å². The molecule has 3 heterocycles. The first-order valence-electron chi connectivity index (χ1n) is 19.4. The van der Waals surface area contributed by atoms with Gasteiger partial charge in [-0.05, 0) is 83.2 Å². The van der Waals surface area contributed by atoms with E-state index in [4.69, 9.17) is 9.40 Å².